The molecule has 5 N–H and O–H groups in total. The number of phenols is 1. The van der Waals surface area contributed by atoms with Crippen LogP contribution in [0.2, 0.25) is 0 Å². The van der Waals surface area contributed by atoms with E-state index in [0.717, 1.165) is 12.1 Å². The number of nitrogens with two attached hydrogens (primary N) is 1. The third-order valence-corrected chi connectivity index (χ3v) is 5.76. The van der Waals surface area contributed by atoms with Crippen molar-refractivity contribution in [2.24, 2.45) is 0 Å². The van der Waals surface area contributed by atoms with Crippen molar-refractivity contribution in [3.05, 3.63) is 59.7 Å². The number of anilines is 1. The van der Waals surface area contributed by atoms with E-state index in [9.17, 15) is 35.8 Å². The molecule has 0 unspecified atom stereocenters. The molecule has 11 heteroatoms. The first-order valence-corrected chi connectivity index (χ1v) is 10.4. The average molecular weight is 423 g/mol. The van der Waals surface area contributed by atoms with Gasteiger partial charge in [-0.2, -0.15) is 16.8 Å². The molecule has 0 aliphatic heterocycles. The highest BCUT2D eigenvalue weighted by atomic mass is 32.2. The molecule has 0 fully saturated rings. The summed E-state index contributed by atoms with van der Waals surface area (Å²) >= 11 is 0. The third-order valence-electron chi connectivity index (χ3n) is 4.03. The Morgan fingerprint density at radius 1 is 0.893 bits per heavy atom. The third kappa shape index (κ3) is 3.43. The van der Waals surface area contributed by atoms with Crippen LogP contribution in [0.5, 0.6) is 5.75 Å². The van der Waals surface area contributed by atoms with Crippen LogP contribution in [0, 0.1) is 0 Å². The number of ketones is 1. The lowest BCUT2D eigenvalue weighted by Crippen LogP contribution is -2.12. The number of nitrogen functional groups attached to an aromatic ring is 1. The zero-order valence-electron chi connectivity index (χ0n) is 13.9. The lowest BCUT2D eigenvalue weighted by molar-refractivity contribution is 0.104. The molecule has 3 aromatic rings. The number of hydrogen-bond acceptors (Lipinski definition) is 7. The summed E-state index contributed by atoms with van der Waals surface area (Å²) in [6.07, 6.45) is 0. The smallest absolute Gasteiger partial charge is 0.296 e. The SMILES string of the molecule is Nc1c(S(=O)(=O)O)cc2cc(S(=O)(=O)O)cc(O)c2c1C(=O)c1ccccc1. The molecule has 3 aromatic carbocycles. The molecular formula is C17H13NO8S2. The van der Waals surface area contributed by atoms with Crippen LogP contribution >= 0.6 is 0 Å². The zero-order chi connectivity index (χ0) is 20.9. The van der Waals surface area contributed by atoms with Gasteiger partial charge in [-0.15, -0.1) is 0 Å². The quantitative estimate of drug-likeness (QED) is 0.277. The molecule has 0 spiro atoms. The van der Waals surface area contributed by atoms with E-state index in [1.54, 1.807) is 18.2 Å². The molecule has 3 rings (SSSR count). The molecule has 0 aliphatic carbocycles. The summed E-state index contributed by atoms with van der Waals surface area (Å²) in [6, 6.07) is 9.95. The summed E-state index contributed by atoms with van der Waals surface area (Å²) in [4.78, 5) is 11.4. The number of hydrogen-bond donors (Lipinski definition) is 4. The van der Waals surface area contributed by atoms with Crippen molar-refractivity contribution in [3.8, 4) is 5.75 Å². The molecule has 0 radical (unpaired) electrons. The van der Waals surface area contributed by atoms with Crippen LogP contribution in [-0.4, -0.2) is 36.8 Å². The topological polar surface area (TPSA) is 172 Å². The molecule has 0 amide bonds. The van der Waals surface area contributed by atoms with Gasteiger partial charge < -0.3 is 10.8 Å². The number of benzene rings is 3. The summed E-state index contributed by atoms with van der Waals surface area (Å²) < 4.78 is 64.9. The van der Waals surface area contributed by atoms with Gasteiger partial charge in [-0.25, -0.2) is 0 Å². The van der Waals surface area contributed by atoms with Gasteiger partial charge in [-0.3, -0.25) is 13.9 Å². The van der Waals surface area contributed by atoms with E-state index < -0.39 is 52.8 Å². The van der Waals surface area contributed by atoms with Crippen LogP contribution in [-0.2, 0) is 20.2 Å². The summed E-state index contributed by atoms with van der Waals surface area (Å²) in [5.74, 6) is -1.48. The molecule has 146 valence electrons. The lowest BCUT2D eigenvalue weighted by Gasteiger charge is -2.15. The normalized spacial score (nSPS) is 12.2. The second kappa shape index (κ2) is 6.56. The fourth-order valence-electron chi connectivity index (χ4n) is 2.82. The number of phenolic OH excluding ortho intramolecular Hbond substituents is 1. The van der Waals surface area contributed by atoms with Gasteiger partial charge in [0.05, 0.1) is 16.1 Å². The first-order valence-electron chi connectivity index (χ1n) is 7.55. The number of carbonyl (C=O) groups is 1. The zero-order valence-corrected chi connectivity index (χ0v) is 15.5. The predicted octanol–water partition coefficient (Wildman–Crippen LogP) is 1.85. The maximum absolute atomic E-state index is 13.0. The van der Waals surface area contributed by atoms with Gasteiger partial charge in [0.2, 0.25) is 0 Å². The van der Waals surface area contributed by atoms with Crippen LogP contribution in [0.3, 0.4) is 0 Å². The van der Waals surface area contributed by atoms with Gasteiger partial charge >= 0.3 is 0 Å². The van der Waals surface area contributed by atoms with Crippen molar-refractivity contribution >= 4 is 42.5 Å². The fraction of sp³-hybridized carbons (Fsp3) is 0. The van der Waals surface area contributed by atoms with Gasteiger partial charge in [-0.1, -0.05) is 30.3 Å². The van der Waals surface area contributed by atoms with Gasteiger partial charge in [0.15, 0.2) is 5.78 Å². The first kappa shape index (κ1) is 19.8. The minimum absolute atomic E-state index is 0.112. The maximum Gasteiger partial charge on any atom is 0.296 e. The van der Waals surface area contributed by atoms with E-state index >= 15 is 0 Å². The van der Waals surface area contributed by atoms with E-state index in [4.69, 9.17) is 5.73 Å². The Morgan fingerprint density at radius 3 is 2.04 bits per heavy atom. The van der Waals surface area contributed by atoms with E-state index in [1.165, 1.54) is 12.1 Å². The van der Waals surface area contributed by atoms with Gasteiger partial charge in [-0.05, 0) is 17.5 Å². The molecule has 0 atom stereocenters. The van der Waals surface area contributed by atoms with Crippen LogP contribution in [0.4, 0.5) is 5.69 Å². The molecule has 9 nitrogen and oxygen atoms in total. The standard InChI is InChI=1S/C17H13NO8S2/c18-16-13(28(24,25)26)7-10-6-11(27(21,22)23)8-12(19)14(10)15(16)17(20)9-4-2-1-3-5-9/h1-8,19H,18H2,(H,21,22,23)(H,24,25,26). The average Bonchev–Trinajstić information content (AvgIpc) is 2.60. The number of carbonyl (C=O) groups excluding carboxylic acids is 1. The lowest BCUT2D eigenvalue weighted by atomic mass is 9.95. The Hall–Kier alpha value is -2.99. The molecule has 28 heavy (non-hydrogen) atoms. The van der Waals surface area contributed by atoms with Crippen molar-refractivity contribution in [1.82, 2.24) is 0 Å². The van der Waals surface area contributed by atoms with Crippen molar-refractivity contribution in [1.29, 1.82) is 0 Å². The minimum Gasteiger partial charge on any atom is -0.507 e. The van der Waals surface area contributed by atoms with Gasteiger partial charge in [0.1, 0.15) is 10.6 Å². The van der Waals surface area contributed by atoms with E-state index in [0.29, 0.717) is 6.07 Å². The Labute approximate surface area is 159 Å². The number of fused-ring (bicyclic) bond motifs is 1. The highest BCUT2D eigenvalue weighted by Gasteiger charge is 2.27. The second-order valence-corrected chi connectivity index (χ2v) is 8.66. The van der Waals surface area contributed by atoms with Crippen LogP contribution in [0.1, 0.15) is 15.9 Å². The summed E-state index contributed by atoms with van der Waals surface area (Å²) in [5.41, 5.74) is 4.89. The fourth-order valence-corrected chi connectivity index (χ4v) is 4.01. The van der Waals surface area contributed by atoms with Crippen molar-refractivity contribution in [3.63, 3.8) is 0 Å². The van der Waals surface area contributed by atoms with E-state index in [1.807, 2.05) is 0 Å². The molecular weight excluding hydrogens is 410 g/mol. The molecule has 0 aliphatic rings. The van der Waals surface area contributed by atoms with Gasteiger partial charge in [0, 0.05) is 17.0 Å². The molecule has 0 saturated heterocycles. The summed E-state index contributed by atoms with van der Waals surface area (Å²) in [5, 5.41) is 9.84. The van der Waals surface area contributed by atoms with Crippen LogP contribution in [0.25, 0.3) is 10.8 Å². The Morgan fingerprint density at radius 2 is 1.50 bits per heavy atom. The number of aromatic hydroxyl groups is 1. The largest absolute Gasteiger partial charge is 0.507 e. The molecule has 0 saturated carbocycles. The Balaban J connectivity index is 2.51. The molecule has 0 heterocycles. The maximum atomic E-state index is 13.0. The van der Waals surface area contributed by atoms with Crippen molar-refractivity contribution in [2.75, 3.05) is 5.73 Å². The van der Waals surface area contributed by atoms with Gasteiger partial charge in [0.25, 0.3) is 20.2 Å². The minimum atomic E-state index is -4.90. The molecule has 0 bridgehead atoms. The first-order chi connectivity index (χ1) is 12.9. The monoisotopic (exact) mass is 423 g/mol. The van der Waals surface area contributed by atoms with E-state index in [2.05, 4.69) is 0 Å². The highest BCUT2D eigenvalue weighted by molar-refractivity contribution is 7.86. The van der Waals surface area contributed by atoms with Crippen LogP contribution < -0.4 is 5.73 Å². The van der Waals surface area contributed by atoms with Crippen molar-refractivity contribution in [2.45, 2.75) is 9.79 Å². The van der Waals surface area contributed by atoms with Crippen LogP contribution in [0.15, 0.2) is 58.3 Å². The van der Waals surface area contributed by atoms with Crippen molar-refractivity contribution < 1.29 is 35.8 Å². The summed E-state index contributed by atoms with van der Waals surface area (Å²) in [7, 11) is -9.64. The van der Waals surface area contributed by atoms with E-state index in [-0.39, 0.29) is 16.3 Å². The highest BCUT2D eigenvalue weighted by Crippen LogP contribution is 2.38. The Bertz CT molecular complexity index is 1330. The number of rotatable bonds is 4. The second-order valence-electron chi connectivity index (χ2n) is 5.85. The predicted molar refractivity (Wildman–Crippen MR) is 99.5 cm³/mol. The summed E-state index contributed by atoms with van der Waals surface area (Å²) in [6.45, 7) is 0. The Kier molecular flexibility index (Phi) is 4.63. The molecule has 0 aromatic heterocycles.